The molecule has 2 N–H and O–H groups in total. The number of Topliss-reactive ketones (excluding diaryl/α,β-unsaturated/α-hetero) is 1. The van der Waals surface area contributed by atoms with Crippen LogP contribution < -0.4 is 5.73 Å². The van der Waals surface area contributed by atoms with Gasteiger partial charge in [-0.1, -0.05) is 0 Å². The standard InChI is InChI=1S/C9H8F3NO/c1-4(14)5-2-6(9(11)12)8(10)7(13)3-5/h2-3,9H,13H2,1H3. The molecule has 0 unspecified atom stereocenters. The highest BCUT2D eigenvalue weighted by Crippen LogP contribution is 2.27. The Kier molecular flexibility index (Phi) is 2.78. The van der Waals surface area contributed by atoms with E-state index in [0.29, 0.717) is 0 Å². The molecule has 1 aromatic rings. The van der Waals surface area contributed by atoms with Gasteiger partial charge < -0.3 is 5.73 Å². The number of hydrogen-bond acceptors (Lipinski definition) is 2. The Bertz CT molecular complexity index is 377. The minimum absolute atomic E-state index is 0.0146. The summed E-state index contributed by atoms with van der Waals surface area (Å²) in [6.07, 6.45) is -2.98. The minimum Gasteiger partial charge on any atom is -0.396 e. The highest BCUT2D eigenvalue weighted by Gasteiger charge is 2.17. The largest absolute Gasteiger partial charge is 0.396 e. The lowest BCUT2D eigenvalue weighted by Crippen LogP contribution is -2.02. The Morgan fingerprint density at radius 2 is 2.00 bits per heavy atom. The summed E-state index contributed by atoms with van der Waals surface area (Å²) in [6, 6.07) is 1.86. The molecule has 0 bridgehead atoms. The van der Waals surface area contributed by atoms with Crippen molar-refractivity contribution in [3.8, 4) is 0 Å². The van der Waals surface area contributed by atoms with Crippen LogP contribution in [0.15, 0.2) is 12.1 Å². The molecule has 0 saturated carbocycles. The Morgan fingerprint density at radius 3 is 2.43 bits per heavy atom. The zero-order chi connectivity index (χ0) is 10.9. The number of rotatable bonds is 2. The number of carbonyl (C=O) groups excluding carboxylic acids is 1. The number of nitrogens with two attached hydrogens (primary N) is 1. The number of ketones is 1. The zero-order valence-corrected chi connectivity index (χ0v) is 7.35. The molecule has 1 aromatic carbocycles. The summed E-state index contributed by atoms with van der Waals surface area (Å²) in [5.41, 5.74) is 3.85. The summed E-state index contributed by atoms with van der Waals surface area (Å²) >= 11 is 0. The van der Waals surface area contributed by atoms with Gasteiger partial charge in [0.1, 0.15) is 0 Å². The normalized spacial score (nSPS) is 10.6. The van der Waals surface area contributed by atoms with Crippen molar-refractivity contribution in [1.29, 1.82) is 0 Å². The van der Waals surface area contributed by atoms with Crippen molar-refractivity contribution >= 4 is 11.5 Å². The third kappa shape index (κ3) is 1.86. The van der Waals surface area contributed by atoms with Gasteiger partial charge in [0.2, 0.25) is 0 Å². The molecular weight excluding hydrogens is 195 g/mol. The van der Waals surface area contributed by atoms with Gasteiger partial charge in [-0.3, -0.25) is 4.79 Å². The van der Waals surface area contributed by atoms with E-state index in [9.17, 15) is 18.0 Å². The first kappa shape index (κ1) is 10.6. The molecule has 5 heteroatoms. The molecule has 0 aliphatic rings. The van der Waals surface area contributed by atoms with Crippen molar-refractivity contribution in [3.05, 3.63) is 29.1 Å². The molecule has 0 atom stereocenters. The van der Waals surface area contributed by atoms with Gasteiger partial charge >= 0.3 is 0 Å². The lowest BCUT2D eigenvalue weighted by Gasteiger charge is -2.06. The van der Waals surface area contributed by atoms with Gasteiger partial charge in [0, 0.05) is 5.56 Å². The van der Waals surface area contributed by atoms with E-state index in [1.807, 2.05) is 0 Å². The first-order chi connectivity index (χ1) is 6.43. The van der Waals surface area contributed by atoms with Crippen LogP contribution in [0.1, 0.15) is 29.3 Å². The number of alkyl halides is 2. The first-order valence-electron chi connectivity index (χ1n) is 3.81. The predicted octanol–water partition coefficient (Wildman–Crippen LogP) is 2.55. The van der Waals surface area contributed by atoms with E-state index in [1.54, 1.807) is 0 Å². The maximum atomic E-state index is 13.0. The molecule has 0 aliphatic heterocycles. The molecule has 0 amide bonds. The fourth-order valence-electron chi connectivity index (χ4n) is 1.03. The minimum atomic E-state index is -2.98. The van der Waals surface area contributed by atoms with Crippen molar-refractivity contribution in [1.82, 2.24) is 0 Å². The fourth-order valence-corrected chi connectivity index (χ4v) is 1.03. The third-order valence-electron chi connectivity index (χ3n) is 1.77. The van der Waals surface area contributed by atoms with Crippen LogP contribution in [0.25, 0.3) is 0 Å². The highest BCUT2D eigenvalue weighted by atomic mass is 19.3. The number of carbonyl (C=O) groups is 1. The molecular formula is C9H8F3NO. The molecule has 0 fully saturated rings. The molecule has 0 spiro atoms. The number of halogens is 3. The van der Waals surface area contributed by atoms with Gasteiger partial charge in [-0.05, 0) is 19.1 Å². The van der Waals surface area contributed by atoms with Crippen LogP contribution in [-0.4, -0.2) is 5.78 Å². The average Bonchev–Trinajstić information content (AvgIpc) is 2.08. The molecule has 0 radical (unpaired) electrons. The summed E-state index contributed by atoms with van der Waals surface area (Å²) < 4.78 is 37.5. The molecule has 2 nitrogen and oxygen atoms in total. The smallest absolute Gasteiger partial charge is 0.266 e. The van der Waals surface area contributed by atoms with Gasteiger partial charge in [0.05, 0.1) is 11.3 Å². The molecule has 14 heavy (non-hydrogen) atoms. The fraction of sp³-hybridized carbons (Fsp3) is 0.222. The maximum absolute atomic E-state index is 13.0. The van der Waals surface area contributed by atoms with Crippen molar-refractivity contribution in [2.24, 2.45) is 0 Å². The van der Waals surface area contributed by atoms with E-state index in [-0.39, 0.29) is 5.56 Å². The topological polar surface area (TPSA) is 43.1 Å². The van der Waals surface area contributed by atoms with Gasteiger partial charge in [0.25, 0.3) is 6.43 Å². The van der Waals surface area contributed by atoms with Crippen LogP contribution in [0.2, 0.25) is 0 Å². The van der Waals surface area contributed by atoms with Gasteiger partial charge in [-0.15, -0.1) is 0 Å². The lowest BCUT2D eigenvalue weighted by atomic mass is 10.1. The van der Waals surface area contributed by atoms with Crippen molar-refractivity contribution in [2.45, 2.75) is 13.3 Å². The molecule has 1 rings (SSSR count). The number of nitrogen functional groups attached to an aromatic ring is 1. The summed E-state index contributed by atoms with van der Waals surface area (Å²) in [7, 11) is 0. The van der Waals surface area contributed by atoms with E-state index >= 15 is 0 Å². The average molecular weight is 203 g/mol. The molecule has 0 heterocycles. The van der Waals surface area contributed by atoms with Crippen LogP contribution >= 0.6 is 0 Å². The van der Waals surface area contributed by atoms with E-state index in [4.69, 9.17) is 5.73 Å². The van der Waals surface area contributed by atoms with E-state index in [2.05, 4.69) is 0 Å². The second-order valence-electron chi connectivity index (χ2n) is 2.83. The first-order valence-corrected chi connectivity index (χ1v) is 3.81. The summed E-state index contributed by atoms with van der Waals surface area (Å²) in [6.45, 7) is 1.20. The zero-order valence-electron chi connectivity index (χ0n) is 7.35. The molecule has 0 saturated heterocycles. The van der Waals surface area contributed by atoms with Crippen LogP contribution in [-0.2, 0) is 0 Å². The number of hydrogen-bond donors (Lipinski definition) is 1. The van der Waals surface area contributed by atoms with E-state index in [0.717, 1.165) is 12.1 Å². The van der Waals surface area contributed by atoms with Gasteiger partial charge in [-0.2, -0.15) is 0 Å². The summed E-state index contributed by atoms with van der Waals surface area (Å²) in [5.74, 6) is -1.59. The van der Waals surface area contributed by atoms with E-state index in [1.165, 1.54) is 6.92 Å². The highest BCUT2D eigenvalue weighted by molar-refractivity contribution is 5.95. The van der Waals surface area contributed by atoms with Crippen LogP contribution in [0, 0.1) is 5.82 Å². The SMILES string of the molecule is CC(=O)c1cc(N)c(F)c(C(F)F)c1. The maximum Gasteiger partial charge on any atom is 0.266 e. The Morgan fingerprint density at radius 1 is 1.43 bits per heavy atom. The molecule has 0 aromatic heterocycles. The van der Waals surface area contributed by atoms with Crippen LogP contribution in [0.3, 0.4) is 0 Å². The van der Waals surface area contributed by atoms with Crippen molar-refractivity contribution in [2.75, 3.05) is 5.73 Å². The number of benzene rings is 1. The third-order valence-corrected chi connectivity index (χ3v) is 1.77. The molecule has 0 aliphatic carbocycles. The van der Waals surface area contributed by atoms with Gasteiger partial charge in [0.15, 0.2) is 11.6 Å². The van der Waals surface area contributed by atoms with Crippen LogP contribution in [0.4, 0.5) is 18.9 Å². The summed E-state index contributed by atoms with van der Waals surface area (Å²) in [4.78, 5) is 10.9. The van der Waals surface area contributed by atoms with Gasteiger partial charge in [-0.25, -0.2) is 13.2 Å². The van der Waals surface area contributed by atoms with Crippen LogP contribution in [0.5, 0.6) is 0 Å². The Labute approximate surface area is 78.5 Å². The van der Waals surface area contributed by atoms with Crippen molar-refractivity contribution in [3.63, 3.8) is 0 Å². The second-order valence-corrected chi connectivity index (χ2v) is 2.83. The quantitative estimate of drug-likeness (QED) is 0.592. The van der Waals surface area contributed by atoms with E-state index < -0.39 is 29.3 Å². The second kappa shape index (κ2) is 3.69. The Balaban J connectivity index is 3.35. The van der Waals surface area contributed by atoms with Crippen molar-refractivity contribution < 1.29 is 18.0 Å². The number of anilines is 1. The molecule has 76 valence electrons. The Hall–Kier alpha value is -1.52. The predicted molar refractivity (Wildman–Crippen MR) is 45.8 cm³/mol. The summed E-state index contributed by atoms with van der Waals surface area (Å²) in [5, 5.41) is 0. The lowest BCUT2D eigenvalue weighted by molar-refractivity contribution is 0.101. The monoisotopic (exact) mass is 203 g/mol.